The number of nitrogens with zero attached hydrogens (tertiary/aromatic N) is 4. The number of aliphatic hydroxyl groups is 2. The average molecular weight is 381 g/mol. The van der Waals surface area contributed by atoms with Gasteiger partial charge in [0, 0.05) is 6.54 Å². The number of nitrogen functional groups attached to an aromatic ring is 1. The molecule has 7 N–H and O–H groups in total. The summed E-state index contributed by atoms with van der Waals surface area (Å²) in [5.41, 5.74) is 14.9. The average Bonchev–Trinajstić information content (AvgIpc) is 3.21. The number of fused-ring (bicyclic) bond motifs is 1. The second-order valence-corrected chi connectivity index (χ2v) is 6.54. The first-order chi connectivity index (χ1) is 13.1. The van der Waals surface area contributed by atoms with E-state index in [1.54, 1.807) is 0 Å². The monoisotopic (exact) mass is 381 g/mol. The van der Waals surface area contributed by atoms with E-state index in [1.807, 2.05) is 0 Å². The highest BCUT2D eigenvalue weighted by Crippen LogP contribution is 2.31. The van der Waals surface area contributed by atoms with Crippen molar-refractivity contribution in [1.82, 2.24) is 25.0 Å². The minimum absolute atomic E-state index is 0.0985. The number of nitrogens with one attached hydrogen (secondary N) is 1. The lowest BCUT2D eigenvalue weighted by atomic mass is 10.1. The molecule has 1 saturated heterocycles. The van der Waals surface area contributed by atoms with Crippen LogP contribution in [0.2, 0.25) is 0 Å². The number of nitrogens with two attached hydrogens (primary N) is 2. The van der Waals surface area contributed by atoms with Crippen LogP contribution in [0, 0.1) is 0 Å². The SMILES string of the molecule is NCCCCCCNOC[C@H]1O[C@@H](n2cnc3c(N)ncnc32)[C@H](O)[C@@H]1O. The maximum Gasteiger partial charge on any atom is 0.167 e. The molecular weight excluding hydrogens is 354 g/mol. The molecule has 11 nitrogen and oxygen atoms in total. The summed E-state index contributed by atoms with van der Waals surface area (Å²) in [6.45, 7) is 1.51. The lowest BCUT2D eigenvalue weighted by molar-refractivity contribution is -0.0860. The number of aliphatic hydroxyl groups excluding tert-OH is 2. The largest absolute Gasteiger partial charge is 0.387 e. The van der Waals surface area contributed by atoms with E-state index >= 15 is 0 Å². The third-order valence-corrected chi connectivity index (χ3v) is 4.58. The molecule has 0 bridgehead atoms. The fourth-order valence-electron chi connectivity index (χ4n) is 3.06. The number of rotatable bonds is 10. The highest BCUT2D eigenvalue weighted by atomic mass is 16.7. The van der Waals surface area contributed by atoms with Crippen molar-refractivity contribution < 1.29 is 19.8 Å². The van der Waals surface area contributed by atoms with E-state index in [4.69, 9.17) is 21.0 Å². The molecule has 2 aromatic heterocycles. The first kappa shape index (κ1) is 19.9. The molecule has 4 atom stereocenters. The van der Waals surface area contributed by atoms with Crippen LogP contribution in [-0.2, 0) is 9.57 Å². The Hall–Kier alpha value is -1.89. The van der Waals surface area contributed by atoms with E-state index in [-0.39, 0.29) is 12.4 Å². The quantitative estimate of drug-likeness (QED) is 0.256. The van der Waals surface area contributed by atoms with Crippen LogP contribution in [0.25, 0.3) is 11.2 Å². The normalized spacial score (nSPS) is 25.4. The van der Waals surface area contributed by atoms with Gasteiger partial charge >= 0.3 is 0 Å². The summed E-state index contributed by atoms with van der Waals surface area (Å²) in [5, 5.41) is 20.6. The predicted octanol–water partition coefficient (Wildman–Crippen LogP) is -0.932. The molecule has 1 aliphatic heterocycles. The van der Waals surface area contributed by atoms with Crippen LogP contribution in [0.4, 0.5) is 5.82 Å². The maximum absolute atomic E-state index is 10.4. The van der Waals surface area contributed by atoms with Crippen LogP contribution in [0.1, 0.15) is 31.9 Å². The molecule has 150 valence electrons. The van der Waals surface area contributed by atoms with Crippen molar-refractivity contribution in [3.63, 3.8) is 0 Å². The Balaban J connectivity index is 1.51. The third-order valence-electron chi connectivity index (χ3n) is 4.58. The Morgan fingerprint density at radius 1 is 1.15 bits per heavy atom. The first-order valence-electron chi connectivity index (χ1n) is 9.12. The third kappa shape index (κ3) is 4.51. The molecule has 3 rings (SSSR count). The summed E-state index contributed by atoms with van der Waals surface area (Å²) in [6, 6.07) is 0. The number of ether oxygens (including phenoxy) is 1. The molecular formula is C16H27N7O4. The second kappa shape index (κ2) is 9.35. The molecule has 0 saturated carbocycles. The van der Waals surface area contributed by atoms with Gasteiger partial charge in [0.15, 0.2) is 17.7 Å². The van der Waals surface area contributed by atoms with Gasteiger partial charge in [-0.1, -0.05) is 12.8 Å². The molecule has 0 radical (unpaired) electrons. The van der Waals surface area contributed by atoms with E-state index in [0.717, 1.165) is 32.2 Å². The number of hydroxylamine groups is 1. The number of hydrogen-bond acceptors (Lipinski definition) is 10. The molecule has 0 amide bonds. The van der Waals surface area contributed by atoms with E-state index < -0.39 is 24.5 Å². The fourth-order valence-corrected chi connectivity index (χ4v) is 3.06. The van der Waals surface area contributed by atoms with Crippen LogP contribution >= 0.6 is 0 Å². The van der Waals surface area contributed by atoms with Crippen molar-refractivity contribution in [3.8, 4) is 0 Å². The Morgan fingerprint density at radius 2 is 1.96 bits per heavy atom. The minimum Gasteiger partial charge on any atom is -0.387 e. The lowest BCUT2D eigenvalue weighted by Crippen LogP contribution is -2.35. The zero-order valence-corrected chi connectivity index (χ0v) is 15.1. The van der Waals surface area contributed by atoms with Gasteiger partial charge in [-0.15, -0.1) is 0 Å². The number of unbranched alkanes of at least 4 members (excludes halogenated alkanes) is 3. The Morgan fingerprint density at radius 3 is 2.78 bits per heavy atom. The summed E-state index contributed by atoms with van der Waals surface area (Å²) in [5.74, 6) is 0.238. The molecule has 1 fully saturated rings. The van der Waals surface area contributed by atoms with Crippen LogP contribution in [0.15, 0.2) is 12.7 Å². The van der Waals surface area contributed by atoms with Gasteiger partial charge in [0.1, 0.15) is 30.2 Å². The van der Waals surface area contributed by atoms with Crippen LogP contribution in [-0.4, -0.2) is 67.7 Å². The summed E-state index contributed by atoms with van der Waals surface area (Å²) < 4.78 is 7.31. The maximum atomic E-state index is 10.4. The standard InChI is InChI=1S/C16H27N7O4/c17-5-3-1-2-4-6-22-26-7-10-12(24)13(25)16(27-10)23-9-21-11-14(18)19-8-20-15(11)23/h8-10,12-13,16,22,24-25H,1-7,17H2,(H2,18,19,20)/t10-,12-,13-,16-/m1/s1. The van der Waals surface area contributed by atoms with E-state index in [2.05, 4.69) is 20.4 Å². The van der Waals surface area contributed by atoms with Crippen LogP contribution < -0.4 is 16.9 Å². The fraction of sp³-hybridized carbons (Fsp3) is 0.688. The Labute approximate surface area is 156 Å². The topological polar surface area (TPSA) is 167 Å². The molecule has 27 heavy (non-hydrogen) atoms. The summed E-state index contributed by atoms with van der Waals surface area (Å²) >= 11 is 0. The Kier molecular flexibility index (Phi) is 6.88. The molecule has 0 aromatic carbocycles. The zero-order chi connectivity index (χ0) is 19.2. The summed E-state index contributed by atoms with van der Waals surface area (Å²) in [4.78, 5) is 17.5. The van der Waals surface area contributed by atoms with Crippen LogP contribution in [0.5, 0.6) is 0 Å². The smallest absolute Gasteiger partial charge is 0.167 e. The molecule has 0 aliphatic carbocycles. The van der Waals surface area contributed by atoms with Crippen molar-refractivity contribution in [2.75, 3.05) is 25.4 Å². The van der Waals surface area contributed by atoms with Gasteiger partial charge in [-0.25, -0.2) is 20.4 Å². The first-order valence-corrected chi connectivity index (χ1v) is 9.12. The number of aromatic nitrogens is 4. The number of imidazole rings is 1. The minimum atomic E-state index is -1.15. The Bertz CT molecular complexity index is 728. The lowest BCUT2D eigenvalue weighted by Gasteiger charge is -2.16. The highest BCUT2D eigenvalue weighted by Gasteiger charge is 2.44. The zero-order valence-electron chi connectivity index (χ0n) is 15.1. The predicted molar refractivity (Wildman–Crippen MR) is 97.1 cm³/mol. The molecule has 11 heteroatoms. The molecule has 2 aromatic rings. The second-order valence-electron chi connectivity index (χ2n) is 6.54. The van der Waals surface area contributed by atoms with E-state index in [1.165, 1.54) is 17.2 Å². The summed E-state index contributed by atoms with van der Waals surface area (Å²) in [7, 11) is 0. The molecule has 1 aliphatic rings. The number of hydrogen-bond donors (Lipinski definition) is 5. The van der Waals surface area contributed by atoms with Crippen LogP contribution in [0.3, 0.4) is 0 Å². The van der Waals surface area contributed by atoms with Crippen molar-refractivity contribution in [2.45, 2.75) is 50.2 Å². The van der Waals surface area contributed by atoms with Gasteiger partial charge in [0.05, 0.1) is 12.9 Å². The van der Waals surface area contributed by atoms with Crippen molar-refractivity contribution in [1.29, 1.82) is 0 Å². The van der Waals surface area contributed by atoms with Gasteiger partial charge in [-0.3, -0.25) is 9.40 Å². The highest BCUT2D eigenvalue weighted by molar-refractivity contribution is 5.81. The van der Waals surface area contributed by atoms with Crippen molar-refractivity contribution in [3.05, 3.63) is 12.7 Å². The molecule has 0 unspecified atom stereocenters. The van der Waals surface area contributed by atoms with Crippen molar-refractivity contribution in [2.24, 2.45) is 5.73 Å². The van der Waals surface area contributed by atoms with Gasteiger partial charge in [-0.05, 0) is 19.4 Å². The number of anilines is 1. The van der Waals surface area contributed by atoms with Gasteiger partial charge in [0.2, 0.25) is 0 Å². The summed E-state index contributed by atoms with van der Waals surface area (Å²) in [6.07, 6.45) is 3.17. The van der Waals surface area contributed by atoms with E-state index in [9.17, 15) is 10.2 Å². The van der Waals surface area contributed by atoms with E-state index in [0.29, 0.717) is 17.7 Å². The van der Waals surface area contributed by atoms with Crippen molar-refractivity contribution >= 4 is 17.0 Å². The van der Waals surface area contributed by atoms with Gasteiger partial charge in [-0.2, -0.15) is 0 Å². The van der Waals surface area contributed by atoms with Gasteiger partial charge in [0.25, 0.3) is 0 Å². The molecule has 3 heterocycles. The molecule has 0 spiro atoms. The van der Waals surface area contributed by atoms with Gasteiger partial charge < -0.3 is 26.4 Å².